The number of carboxylic acid groups (broad SMARTS) is 1. The molecule has 1 fully saturated rings. The maximum atomic E-state index is 10.8. The van der Waals surface area contributed by atoms with Crippen molar-refractivity contribution in [1.29, 1.82) is 0 Å². The van der Waals surface area contributed by atoms with E-state index in [1.165, 1.54) is 4.90 Å². The van der Waals surface area contributed by atoms with Crippen LogP contribution in [0, 0.1) is 0 Å². The number of aromatic nitrogens is 3. The fraction of sp³-hybridized carbons (Fsp3) is 0.385. The predicted octanol–water partition coefficient (Wildman–Crippen LogP) is 0.927. The Kier molecular flexibility index (Phi) is 3.78. The van der Waals surface area contributed by atoms with E-state index < -0.39 is 6.09 Å². The molecule has 21 heavy (non-hydrogen) atoms. The number of hydrogen-bond donors (Lipinski definition) is 1. The fourth-order valence-corrected chi connectivity index (χ4v) is 2.23. The quantitative estimate of drug-likeness (QED) is 0.897. The van der Waals surface area contributed by atoms with Crippen LogP contribution < -0.4 is 0 Å². The Morgan fingerprint density at radius 2 is 1.95 bits per heavy atom. The molecule has 0 spiro atoms. The van der Waals surface area contributed by atoms with Crippen molar-refractivity contribution in [3.8, 4) is 11.4 Å². The van der Waals surface area contributed by atoms with Gasteiger partial charge in [-0.25, -0.2) is 4.79 Å². The van der Waals surface area contributed by atoms with Gasteiger partial charge in [0.2, 0.25) is 11.7 Å². The average molecular weight is 289 g/mol. The number of hydrogen-bond acceptors (Lipinski definition) is 6. The summed E-state index contributed by atoms with van der Waals surface area (Å²) in [6.07, 6.45) is 2.49. The largest absolute Gasteiger partial charge is 0.465 e. The summed E-state index contributed by atoms with van der Waals surface area (Å²) in [7, 11) is 0. The van der Waals surface area contributed by atoms with Crippen LogP contribution in [0.1, 0.15) is 5.89 Å². The molecule has 8 heteroatoms. The first-order valence-electron chi connectivity index (χ1n) is 6.65. The lowest BCUT2D eigenvalue weighted by Crippen LogP contribution is -2.47. The molecule has 1 amide bonds. The van der Waals surface area contributed by atoms with Crippen LogP contribution in [0.4, 0.5) is 4.79 Å². The van der Waals surface area contributed by atoms with E-state index in [0.29, 0.717) is 44.4 Å². The van der Waals surface area contributed by atoms with Crippen molar-refractivity contribution < 1.29 is 14.4 Å². The van der Waals surface area contributed by atoms with Crippen molar-refractivity contribution in [2.45, 2.75) is 6.54 Å². The van der Waals surface area contributed by atoms with Crippen LogP contribution in [0.5, 0.6) is 0 Å². The first-order chi connectivity index (χ1) is 10.2. The van der Waals surface area contributed by atoms with E-state index in [0.717, 1.165) is 5.56 Å². The number of amides is 1. The minimum Gasteiger partial charge on any atom is -0.465 e. The highest BCUT2D eigenvalue weighted by atomic mass is 16.5. The van der Waals surface area contributed by atoms with E-state index in [1.807, 2.05) is 12.1 Å². The molecule has 110 valence electrons. The highest BCUT2D eigenvalue weighted by molar-refractivity contribution is 5.65. The molecule has 1 aliphatic rings. The lowest BCUT2D eigenvalue weighted by molar-refractivity contribution is 0.0978. The van der Waals surface area contributed by atoms with Gasteiger partial charge < -0.3 is 14.5 Å². The average Bonchev–Trinajstić information content (AvgIpc) is 2.97. The molecule has 0 unspecified atom stereocenters. The van der Waals surface area contributed by atoms with Crippen LogP contribution in [0.15, 0.2) is 29.0 Å². The van der Waals surface area contributed by atoms with Crippen molar-refractivity contribution in [2.24, 2.45) is 0 Å². The first kappa shape index (κ1) is 13.5. The molecular weight excluding hydrogens is 274 g/mol. The molecule has 0 aromatic carbocycles. The molecule has 0 bridgehead atoms. The second-order valence-electron chi connectivity index (χ2n) is 4.79. The van der Waals surface area contributed by atoms with E-state index in [2.05, 4.69) is 20.0 Å². The van der Waals surface area contributed by atoms with Gasteiger partial charge in [-0.15, -0.1) is 0 Å². The number of rotatable bonds is 3. The standard InChI is InChI=1S/C13H15N5O3/c19-13(20)18-7-5-17(6-8-18)9-11-15-12(16-21-11)10-1-3-14-4-2-10/h1-4H,5-9H2,(H,19,20). The third-order valence-corrected chi connectivity index (χ3v) is 3.41. The Labute approximate surface area is 121 Å². The van der Waals surface area contributed by atoms with Crippen LogP contribution in [0.2, 0.25) is 0 Å². The van der Waals surface area contributed by atoms with Gasteiger partial charge in [0.05, 0.1) is 6.54 Å². The minimum absolute atomic E-state index is 0.501. The van der Waals surface area contributed by atoms with E-state index >= 15 is 0 Å². The summed E-state index contributed by atoms with van der Waals surface area (Å²) < 4.78 is 5.24. The highest BCUT2D eigenvalue weighted by Crippen LogP contribution is 2.15. The Hall–Kier alpha value is -2.48. The molecule has 2 aromatic rings. The van der Waals surface area contributed by atoms with Gasteiger partial charge in [0.15, 0.2) is 0 Å². The second kappa shape index (κ2) is 5.88. The summed E-state index contributed by atoms with van der Waals surface area (Å²) in [5.41, 5.74) is 0.857. The topological polar surface area (TPSA) is 95.6 Å². The second-order valence-corrected chi connectivity index (χ2v) is 4.79. The molecule has 0 saturated carbocycles. The van der Waals surface area contributed by atoms with Crippen LogP contribution >= 0.6 is 0 Å². The molecule has 1 N–H and O–H groups in total. The zero-order valence-corrected chi connectivity index (χ0v) is 11.3. The molecule has 1 saturated heterocycles. The molecule has 8 nitrogen and oxygen atoms in total. The van der Waals surface area contributed by atoms with E-state index in [4.69, 9.17) is 9.63 Å². The molecule has 2 aromatic heterocycles. The SMILES string of the molecule is O=C(O)N1CCN(Cc2nc(-c3ccncc3)no2)CC1. The third kappa shape index (κ3) is 3.16. The van der Waals surface area contributed by atoms with E-state index in [9.17, 15) is 4.79 Å². The highest BCUT2D eigenvalue weighted by Gasteiger charge is 2.21. The van der Waals surface area contributed by atoms with Crippen LogP contribution in [-0.4, -0.2) is 62.3 Å². The zero-order valence-electron chi connectivity index (χ0n) is 11.3. The summed E-state index contributed by atoms with van der Waals surface area (Å²) in [4.78, 5) is 22.6. The number of carbonyl (C=O) groups is 1. The Morgan fingerprint density at radius 3 is 2.62 bits per heavy atom. The van der Waals surface area contributed by atoms with Crippen molar-refractivity contribution in [3.63, 3.8) is 0 Å². The summed E-state index contributed by atoms with van der Waals surface area (Å²) >= 11 is 0. The van der Waals surface area contributed by atoms with Gasteiger partial charge in [0.1, 0.15) is 0 Å². The van der Waals surface area contributed by atoms with Gasteiger partial charge in [0.25, 0.3) is 0 Å². The Balaban J connectivity index is 1.60. The van der Waals surface area contributed by atoms with Crippen LogP contribution in [0.3, 0.4) is 0 Å². The van der Waals surface area contributed by atoms with Crippen LogP contribution in [-0.2, 0) is 6.54 Å². The van der Waals surface area contributed by atoms with Gasteiger partial charge in [0, 0.05) is 44.1 Å². The van der Waals surface area contributed by atoms with Gasteiger partial charge in [-0.1, -0.05) is 5.16 Å². The maximum Gasteiger partial charge on any atom is 0.407 e. The minimum atomic E-state index is -0.868. The molecule has 0 aliphatic carbocycles. The summed E-state index contributed by atoms with van der Waals surface area (Å²) in [6, 6.07) is 3.64. The normalized spacial score (nSPS) is 16.1. The molecule has 1 aliphatic heterocycles. The number of pyridine rings is 1. The number of nitrogens with zero attached hydrogens (tertiary/aromatic N) is 5. The molecule has 3 rings (SSSR count). The van der Waals surface area contributed by atoms with Gasteiger partial charge in [-0.3, -0.25) is 9.88 Å². The van der Waals surface area contributed by atoms with Crippen LogP contribution in [0.25, 0.3) is 11.4 Å². The Bertz CT molecular complexity index is 607. The first-order valence-corrected chi connectivity index (χ1v) is 6.65. The van der Waals surface area contributed by atoms with Gasteiger partial charge in [-0.2, -0.15) is 4.98 Å². The third-order valence-electron chi connectivity index (χ3n) is 3.41. The molecular formula is C13H15N5O3. The smallest absolute Gasteiger partial charge is 0.407 e. The van der Waals surface area contributed by atoms with Crippen molar-refractivity contribution in [3.05, 3.63) is 30.4 Å². The number of piperazine rings is 1. The summed E-state index contributed by atoms with van der Waals surface area (Å²) in [6.45, 7) is 2.87. The van der Waals surface area contributed by atoms with Gasteiger partial charge in [-0.05, 0) is 12.1 Å². The Morgan fingerprint density at radius 1 is 1.24 bits per heavy atom. The molecule has 3 heterocycles. The monoisotopic (exact) mass is 289 g/mol. The molecule has 0 radical (unpaired) electrons. The predicted molar refractivity (Wildman–Crippen MR) is 72.4 cm³/mol. The van der Waals surface area contributed by atoms with E-state index in [-0.39, 0.29) is 0 Å². The lowest BCUT2D eigenvalue weighted by atomic mass is 10.2. The fourth-order valence-electron chi connectivity index (χ4n) is 2.23. The molecule has 0 atom stereocenters. The zero-order chi connectivity index (χ0) is 14.7. The summed E-state index contributed by atoms with van der Waals surface area (Å²) in [5.74, 6) is 1.07. The van der Waals surface area contributed by atoms with Gasteiger partial charge >= 0.3 is 6.09 Å². The van der Waals surface area contributed by atoms with Crippen molar-refractivity contribution in [1.82, 2.24) is 24.9 Å². The van der Waals surface area contributed by atoms with Crippen molar-refractivity contribution >= 4 is 6.09 Å². The van der Waals surface area contributed by atoms with E-state index in [1.54, 1.807) is 12.4 Å². The summed E-state index contributed by atoms with van der Waals surface area (Å²) in [5, 5.41) is 12.9. The lowest BCUT2D eigenvalue weighted by Gasteiger charge is -2.31. The van der Waals surface area contributed by atoms with Crippen molar-refractivity contribution in [2.75, 3.05) is 26.2 Å². The maximum absolute atomic E-state index is 10.8.